The van der Waals surface area contributed by atoms with Gasteiger partial charge in [0.25, 0.3) is 0 Å². The molecule has 7 heteroatoms. The van der Waals surface area contributed by atoms with Crippen LogP contribution < -0.4 is 5.32 Å². The van der Waals surface area contributed by atoms with Crippen LogP contribution in [0.25, 0.3) is 0 Å². The normalized spacial score (nSPS) is 14.9. The molecule has 1 aliphatic rings. The Balaban J connectivity index is 1.61. The van der Waals surface area contributed by atoms with Crippen molar-refractivity contribution >= 4 is 31.9 Å². The molecule has 1 fully saturated rings. The maximum atomic E-state index is 13.6. The molecule has 34 heavy (non-hydrogen) atoms. The molecular weight excluding hydrogens is 512 g/mol. The minimum absolute atomic E-state index is 0.181. The number of hydrogen-bond acceptors (Lipinski definition) is 3. The lowest BCUT2D eigenvalue weighted by molar-refractivity contribution is -0.122. The first-order valence-corrected chi connectivity index (χ1v) is 13.8. The summed E-state index contributed by atoms with van der Waals surface area (Å²) in [6.07, 6.45) is 4.57. The van der Waals surface area contributed by atoms with Crippen LogP contribution in [0.5, 0.6) is 0 Å². The molecule has 0 aromatic heterocycles. The minimum atomic E-state index is -3.83. The highest BCUT2D eigenvalue weighted by Gasteiger charge is 2.34. The zero-order valence-corrected chi connectivity index (χ0v) is 21.3. The molecule has 0 heterocycles. The monoisotopic (exact) mass is 540 g/mol. The van der Waals surface area contributed by atoms with E-state index in [1.165, 1.54) is 4.31 Å². The summed E-state index contributed by atoms with van der Waals surface area (Å²) in [6, 6.07) is 25.5. The molecule has 0 spiro atoms. The summed E-state index contributed by atoms with van der Waals surface area (Å²) in [4.78, 5) is 13.6. The Hall–Kier alpha value is -2.48. The van der Waals surface area contributed by atoms with Crippen LogP contribution in [-0.2, 0) is 14.8 Å². The Labute approximate surface area is 210 Å². The Morgan fingerprint density at radius 1 is 0.853 bits per heavy atom. The van der Waals surface area contributed by atoms with Crippen molar-refractivity contribution in [3.8, 4) is 0 Å². The van der Waals surface area contributed by atoms with E-state index in [9.17, 15) is 13.2 Å². The second-order valence-electron chi connectivity index (χ2n) is 8.62. The fourth-order valence-corrected chi connectivity index (χ4v) is 6.43. The minimum Gasteiger partial charge on any atom is -0.344 e. The molecule has 1 aliphatic carbocycles. The van der Waals surface area contributed by atoms with E-state index in [1.807, 2.05) is 60.7 Å². The number of nitrogens with one attached hydrogen (secondary N) is 1. The van der Waals surface area contributed by atoms with Crippen LogP contribution >= 0.6 is 15.9 Å². The summed E-state index contributed by atoms with van der Waals surface area (Å²) in [5.41, 5.74) is 1.89. The van der Waals surface area contributed by atoms with Crippen molar-refractivity contribution in [2.45, 2.75) is 49.1 Å². The topological polar surface area (TPSA) is 66.5 Å². The molecule has 0 unspecified atom stereocenters. The summed E-state index contributed by atoms with van der Waals surface area (Å²) in [6.45, 7) is -0.209. The summed E-state index contributed by atoms with van der Waals surface area (Å²) < 4.78 is 29.5. The lowest BCUT2D eigenvalue weighted by Crippen LogP contribution is -2.47. The number of nitrogens with zero attached hydrogens (tertiary/aromatic N) is 1. The molecule has 0 aliphatic heterocycles. The zero-order chi connectivity index (χ0) is 24.0. The van der Waals surface area contributed by atoms with Crippen molar-refractivity contribution in [1.29, 1.82) is 0 Å². The van der Waals surface area contributed by atoms with Crippen LogP contribution in [0.2, 0.25) is 0 Å². The molecule has 0 bridgehead atoms. The van der Waals surface area contributed by atoms with E-state index < -0.39 is 10.0 Å². The number of hydrogen-bond donors (Lipinski definition) is 1. The quantitative estimate of drug-likeness (QED) is 0.399. The first-order chi connectivity index (χ1) is 16.4. The van der Waals surface area contributed by atoms with Gasteiger partial charge in [0.1, 0.15) is 0 Å². The standard InChI is InChI=1S/C27H29BrN2O3S/c28-23-16-18-25(19-17-23)34(32,33)30(24-14-8-3-9-15-24)20-26(31)29-27(21-10-4-1-5-11-21)22-12-6-2-7-13-22/h1-2,4-7,10-13,16-19,24,27H,3,8-9,14-15,20H2,(H,29,31). The van der Waals surface area contributed by atoms with E-state index in [2.05, 4.69) is 21.2 Å². The number of rotatable bonds is 8. The van der Waals surface area contributed by atoms with E-state index in [1.54, 1.807) is 24.3 Å². The summed E-state index contributed by atoms with van der Waals surface area (Å²) in [5.74, 6) is -0.316. The summed E-state index contributed by atoms with van der Waals surface area (Å²) >= 11 is 3.37. The van der Waals surface area contributed by atoms with Gasteiger partial charge >= 0.3 is 0 Å². The largest absolute Gasteiger partial charge is 0.344 e. The smallest absolute Gasteiger partial charge is 0.243 e. The molecule has 5 nitrogen and oxygen atoms in total. The van der Waals surface area contributed by atoms with Gasteiger partial charge in [-0.2, -0.15) is 4.31 Å². The second-order valence-corrected chi connectivity index (χ2v) is 11.4. The third-order valence-corrected chi connectivity index (χ3v) is 8.71. The van der Waals surface area contributed by atoms with Gasteiger partial charge in [-0.25, -0.2) is 8.42 Å². The Morgan fingerprint density at radius 3 is 1.91 bits per heavy atom. The van der Waals surface area contributed by atoms with Crippen molar-refractivity contribution in [2.24, 2.45) is 0 Å². The maximum Gasteiger partial charge on any atom is 0.243 e. The molecule has 0 saturated heterocycles. The van der Waals surface area contributed by atoms with Crippen LogP contribution in [0.3, 0.4) is 0 Å². The van der Waals surface area contributed by atoms with E-state index in [0.29, 0.717) is 0 Å². The zero-order valence-electron chi connectivity index (χ0n) is 18.9. The van der Waals surface area contributed by atoms with Gasteiger partial charge in [0.15, 0.2) is 0 Å². The average Bonchev–Trinajstić information content (AvgIpc) is 2.87. The Bertz CT molecular complexity index is 1140. The van der Waals surface area contributed by atoms with E-state index >= 15 is 0 Å². The highest BCUT2D eigenvalue weighted by molar-refractivity contribution is 9.10. The van der Waals surface area contributed by atoms with Crippen molar-refractivity contribution in [2.75, 3.05) is 6.54 Å². The summed E-state index contributed by atoms with van der Waals surface area (Å²) in [7, 11) is -3.83. The fourth-order valence-electron chi connectivity index (χ4n) is 4.52. The lowest BCUT2D eigenvalue weighted by Gasteiger charge is -2.33. The van der Waals surface area contributed by atoms with Crippen LogP contribution in [0.4, 0.5) is 0 Å². The van der Waals surface area contributed by atoms with Crippen molar-refractivity contribution < 1.29 is 13.2 Å². The van der Waals surface area contributed by atoms with Gasteiger partial charge in [-0.1, -0.05) is 95.9 Å². The highest BCUT2D eigenvalue weighted by Crippen LogP contribution is 2.29. The van der Waals surface area contributed by atoms with Crippen LogP contribution in [0.15, 0.2) is 94.3 Å². The molecule has 0 radical (unpaired) electrons. The maximum absolute atomic E-state index is 13.6. The molecule has 4 rings (SSSR count). The van der Waals surface area contributed by atoms with Gasteiger partial charge in [-0.15, -0.1) is 0 Å². The van der Waals surface area contributed by atoms with Gasteiger partial charge in [-0.3, -0.25) is 4.79 Å². The predicted molar refractivity (Wildman–Crippen MR) is 138 cm³/mol. The first kappa shape index (κ1) is 24.6. The molecule has 1 N–H and O–H groups in total. The molecule has 1 amide bonds. The van der Waals surface area contributed by atoms with Crippen LogP contribution in [0.1, 0.15) is 49.3 Å². The van der Waals surface area contributed by atoms with Gasteiger partial charge in [0.2, 0.25) is 15.9 Å². The van der Waals surface area contributed by atoms with E-state index in [4.69, 9.17) is 0 Å². The molecule has 0 atom stereocenters. The molecule has 3 aromatic rings. The van der Waals surface area contributed by atoms with Crippen LogP contribution in [0, 0.1) is 0 Å². The van der Waals surface area contributed by atoms with Crippen molar-refractivity contribution in [3.63, 3.8) is 0 Å². The third kappa shape index (κ3) is 5.95. The number of halogens is 1. The Kier molecular flexibility index (Phi) is 8.19. The average molecular weight is 542 g/mol. The number of amides is 1. The van der Waals surface area contributed by atoms with Crippen LogP contribution in [-0.4, -0.2) is 31.2 Å². The van der Waals surface area contributed by atoms with E-state index in [-0.39, 0.29) is 29.4 Å². The predicted octanol–water partition coefficient (Wildman–Crippen LogP) is 5.68. The van der Waals surface area contributed by atoms with Crippen molar-refractivity contribution in [3.05, 3.63) is 101 Å². The summed E-state index contributed by atoms with van der Waals surface area (Å²) in [5, 5.41) is 3.10. The molecule has 1 saturated carbocycles. The van der Waals surface area contributed by atoms with Gasteiger partial charge in [0.05, 0.1) is 17.5 Å². The molecular formula is C27H29BrN2O3S. The van der Waals surface area contributed by atoms with Gasteiger partial charge < -0.3 is 5.32 Å². The highest BCUT2D eigenvalue weighted by atomic mass is 79.9. The Morgan fingerprint density at radius 2 is 1.38 bits per heavy atom. The number of carbonyl (C=O) groups is 1. The second kappa shape index (κ2) is 11.3. The number of benzene rings is 3. The van der Waals surface area contributed by atoms with E-state index in [0.717, 1.165) is 47.7 Å². The number of carbonyl (C=O) groups excluding carboxylic acids is 1. The lowest BCUT2D eigenvalue weighted by atomic mass is 9.95. The SMILES string of the molecule is O=C(CN(C1CCCCC1)S(=O)(=O)c1ccc(Br)cc1)NC(c1ccccc1)c1ccccc1. The van der Waals surface area contributed by atoms with Gasteiger partial charge in [0, 0.05) is 10.5 Å². The number of sulfonamides is 1. The van der Waals surface area contributed by atoms with Gasteiger partial charge in [-0.05, 0) is 48.2 Å². The molecule has 178 valence electrons. The molecule has 3 aromatic carbocycles. The first-order valence-electron chi connectivity index (χ1n) is 11.6. The third-order valence-electron chi connectivity index (χ3n) is 6.27. The fraction of sp³-hybridized carbons (Fsp3) is 0.296. The van der Waals surface area contributed by atoms with Crippen molar-refractivity contribution in [1.82, 2.24) is 9.62 Å².